The Balaban J connectivity index is 2.21. The van der Waals surface area contributed by atoms with Gasteiger partial charge in [0.1, 0.15) is 0 Å². The summed E-state index contributed by atoms with van der Waals surface area (Å²) in [6, 6.07) is 5.56. The van der Waals surface area contributed by atoms with Gasteiger partial charge in [-0.3, -0.25) is 0 Å². The summed E-state index contributed by atoms with van der Waals surface area (Å²) in [6.45, 7) is 2.12. The van der Waals surface area contributed by atoms with Crippen molar-refractivity contribution in [1.29, 1.82) is 5.26 Å². The zero-order chi connectivity index (χ0) is 15.5. The van der Waals surface area contributed by atoms with Gasteiger partial charge in [0.25, 0.3) is 0 Å². The molecule has 1 saturated carbocycles. The van der Waals surface area contributed by atoms with E-state index in [1.807, 2.05) is 0 Å². The smallest absolute Gasteiger partial charge is 0.382 e. The van der Waals surface area contributed by atoms with Gasteiger partial charge in [-0.25, -0.2) is 0 Å². The van der Waals surface area contributed by atoms with Crippen molar-refractivity contribution in [3.63, 3.8) is 0 Å². The van der Waals surface area contributed by atoms with Crippen molar-refractivity contribution in [2.75, 3.05) is 5.32 Å². The van der Waals surface area contributed by atoms with Crippen molar-refractivity contribution in [3.05, 3.63) is 29.3 Å². The van der Waals surface area contributed by atoms with Gasteiger partial charge in [0.15, 0.2) is 0 Å². The molecule has 0 amide bonds. The first-order valence-corrected chi connectivity index (χ1v) is 7.32. The molecule has 1 N–H and O–H groups in total. The molecule has 1 aliphatic rings. The molecule has 1 aromatic rings. The number of hydrogen-bond acceptors (Lipinski definition) is 2. The van der Waals surface area contributed by atoms with Crippen LogP contribution in [0.1, 0.15) is 50.2 Å². The number of nitrogens with one attached hydrogen (secondary N) is 1. The first-order valence-electron chi connectivity index (χ1n) is 7.32. The summed E-state index contributed by atoms with van der Waals surface area (Å²) in [5, 5.41) is 11.8. The van der Waals surface area contributed by atoms with Gasteiger partial charge in [-0.2, -0.15) is 18.4 Å². The van der Waals surface area contributed by atoms with Crippen LogP contribution < -0.4 is 5.32 Å². The Bertz CT molecular complexity index is 531. The van der Waals surface area contributed by atoms with E-state index in [9.17, 15) is 13.2 Å². The number of nitriles is 1. The second kappa shape index (κ2) is 6.38. The zero-order valence-corrected chi connectivity index (χ0v) is 12.0. The maximum atomic E-state index is 13.1. The summed E-state index contributed by atoms with van der Waals surface area (Å²) in [7, 11) is 0. The highest BCUT2D eigenvalue weighted by Gasteiger charge is 2.34. The van der Waals surface area contributed by atoms with Gasteiger partial charge in [-0.15, -0.1) is 0 Å². The Morgan fingerprint density at radius 2 is 2.10 bits per heavy atom. The van der Waals surface area contributed by atoms with E-state index in [0.717, 1.165) is 38.2 Å². The quantitative estimate of drug-likeness (QED) is 0.856. The molecule has 21 heavy (non-hydrogen) atoms. The van der Waals surface area contributed by atoms with Crippen molar-refractivity contribution in [2.45, 2.75) is 51.2 Å². The van der Waals surface area contributed by atoms with Crippen LogP contribution in [-0.4, -0.2) is 6.04 Å². The van der Waals surface area contributed by atoms with E-state index in [2.05, 4.69) is 12.2 Å². The van der Waals surface area contributed by atoms with Gasteiger partial charge >= 0.3 is 6.18 Å². The van der Waals surface area contributed by atoms with Gasteiger partial charge in [0.2, 0.25) is 0 Å². The molecule has 1 fully saturated rings. The van der Waals surface area contributed by atoms with Crippen LogP contribution in [0.25, 0.3) is 0 Å². The summed E-state index contributed by atoms with van der Waals surface area (Å²) < 4.78 is 39.3. The molecular formula is C16H19F3N2. The lowest BCUT2D eigenvalue weighted by Crippen LogP contribution is -2.28. The maximum absolute atomic E-state index is 13.1. The van der Waals surface area contributed by atoms with Gasteiger partial charge in [-0.05, 0) is 37.0 Å². The highest BCUT2D eigenvalue weighted by atomic mass is 19.4. The van der Waals surface area contributed by atoms with Gasteiger partial charge in [-0.1, -0.05) is 26.2 Å². The van der Waals surface area contributed by atoms with Crippen LogP contribution in [0, 0.1) is 17.2 Å². The monoisotopic (exact) mass is 296 g/mol. The fourth-order valence-corrected chi connectivity index (χ4v) is 2.99. The van der Waals surface area contributed by atoms with Crippen molar-refractivity contribution in [2.24, 2.45) is 5.92 Å². The van der Waals surface area contributed by atoms with Gasteiger partial charge < -0.3 is 5.32 Å². The largest absolute Gasteiger partial charge is 0.418 e. The third-order valence-electron chi connectivity index (χ3n) is 4.17. The van der Waals surface area contributed by atoms with E-state index >= 15 is 0 Å². The lowest BCUT2D eigenvalue weighted by Gasteiger charge is -2.30. The average molecular weight is 296 g/mol. The summed E-state index contributed by atoms with van der Waals surface area (Å²) in [4.78, 5) is 0. The van der Waals surface area contributed by atoms with E-state index in [1.165, 1.54) is 12.1 Å². The molecule has 0 radical (unpaired) electrons. The van der Waals surface area contributed by atoms with E-state index < -0.39 is 11.7 Å². The lowest BCUT2D eigenvalue weighted by atomic mass is 9.84. The molecule has 0 aromatic heterocycles. The number of hydrogen-bond donors (Lipinski definition) is 1. The minimum Gasteiger partial charge on any atom is -0.382 e. The van der Waals surface area contributed by atoms with Crippen LogP contribution in [0.3, 0.4) is 0 Å². The topological polar surface area (TPSA) is 35.8 Å². The Labute approximate surface area is 123 Å². The number of rotatable bonds is 3. The molecule has 0 saturated heterocycles. The second-order valence-electron chi connectivity index (χ2n) is 5.65. The summed E-state index contributed by atoms with van der Waals surface area (Å²) in [5.74, 6) is 0.587. The molecule has 2 nitrogen and oxygen atoms in total. The standard InChI is InChI=1S/C16H19F3N2/c1-2-11-4-3-5-13(8-11)21-15-7-6-12(10-20)9-14(15)16(17,18)19/h6-7,9,11,13,21H,2-5,8H2,1H3. The highest BCUT2D eigenvalue weighted by molar-refractivity contribution is 5.56. The number of anilines is 1. The molecule has 5 heteroatoms. The van der Waals surface area contributed by atoms with Crippen LogP contribution >= 0.6 is 0 Å². The van der Waals surface area contributed by atoms with E-state index in [-0.39, 0.29) is 17.3 Å². The van der Waals surface area contributed by atoms with E-state index in [0.29, 0.717) is 5.92 Å². The molecule has 0 heterocycles. The maximum Gasteiger partial charge on any atom is 0.418 e. The second-order valence-corrected chi connectivity index (χ2v) is 5.65. The molecule has 1 aliphatic carbocycles. The third-order valence-corrected chi connectivity index (χ3v) is 4.17. The van der Waals surface area contributed by atoms with E-state index in [4.69, 9.17) is 5.26 Å². The molecule has 2 unspecified atom stereocenters. The van der Waals surface area contributed by atoms with Crippen molar-refractivity contribution >= 4 is 5.69 Å². The lowest BCUT2D eigenvalue weighted by molar-refractivity contribution is -0.137. The number of benzene rings is 1. The minimum atomic E-state index is -4.45. The normalized spacial score (nSPS) is 22.6. The molecule has 2 atom stereocenters. The first-order chi connectivity index (χ1) is 9.94. The highest BCUT2D eigenvalue weighted by Crippen LogP contribution is 2.37. The Morgan fingerprint density at radius 1 is 1.33 bits per heavy atom. The Morgan fingerprint density at radius 3 is 2.71 bits per heavy atom. The molecule has 0 spiro atoms. The number of nitrogens with zero attached hydrogens (tertiary/aromatic N) is 1. The zero-order valence-electron chi connectivity index (χ0n) is 12.0. The number of halogens is 3. The van der Waals surface area contributed by atoms with Crippen LogP contribution in [-0.2, 0) is 6.18 Å². The van der Waals surface area contributed by atoms with E-state index in [1.54, 1.807) is 6.07 Å². The molecule has 114 valence electrons. The Kier molecular flexibility index (Phi) is 4.76. The minimum absolute atomic E-state index is 0.0305. The van der Waals surface area contributed by atoms with Crippen molar-refractivity contribution in [1.82, 2.24) is 0 Å². The van der Waals surface area contributed by atoms with Crippen LogP contribution in [0.2, 0.25) is 0 Å². The predicted octanol–water partition coefficient (Wildman–Crippen LogP) is 4.96. The van der Waals surface area contributed by atoms with Crippen molar-refractivity contribution < 1.29 is 13.2 Å². The molecule has 0 aliphatic heterocycles. The summed E-state index contributed by atoms with van der Waals surface area (Å²) in [6.07, 6.45) is 0.634. The van der Waals surface area contributed by atoms with Gasteiger partial charge in [0.05, 0.1) is 17.2 Å². The van der Waals surface area contributed by atoms with Crippen LogP contribution in [0.4, 0.5) is 18.9 Å². The SMILES string of the molecule is CCC1CCCC(Nc2ccc(C#N)cc2C(F)(F)F)C1. The van der Waals surface area contributed by atoms with Crippen LogP contribution in [0.15, 0.2) is 18.2 Å². The van der Waals surface area contributed by atoms with Gasteiger partial charge in [0, 0.05) is 11.7 Å². The Hall–Kier alpha value is -1.70. The predicted molar refractivity (Wildman–Crippen MR) is 75.8 cm³/mol. The van der Waals surface area contributed by atoms with Crippen LogP contribution in [0.5, 0.6) is 0 Å². The molecule has 1 aromatic carbocycles. The third kappa shape index (κ3) is 3.90. The fourth-order valence-electron chi connectivity index (χ4n) is 2.99. The number of alkyl halides is 3. The molecule has 2 rings (SSSR count). The fraction of sp³-hybridized carbons (Fsp3) is 0.562. The summed E-state index contributed by atoms with van der Waals surface area (Å²) in [5.41, 5.74) is -0.633. The van der Waals surface area contributed by atoms with Crippen molar-refractivity contribution in [3.8, 4) is 6.07 Å². The average Bonchev–Trinajstić information content (AvgIpc) is 2.46. The molecule has 0 bridgehead atoms. The first kappa shape index (κ1) is 15.7. The summed E-state index contributed by atoms with van der Waals surface area (Å²) >= 11 is 0. The molecular weight excluding hydrogens is 277 g/mol.